The monoisotopic (exact) mass is 212 g/mol. The van der Waals surface area contributed by atoms with Crippen molar-refractivity contribution in [1.29, 1.82) is 0 Å². The highest BCUT2D eigenvalue weighted by Crippen LogP contribution is 2.33. The Bertz CT molecular complexity index is 434. The molecule has 1 aromatic rings. The summed E-state index contributed by atoms with van der Waals surface area (Å²) in [5, 5.41) is 3.85. The Balaban J connectivity index is 2.47. The van der Waals surface area contributed by atoms with Gasteiger partial charge < -0.3 is 0 Å². The Hall–Kier alpha value is -1.52. The summed E-state index contributed by atoms with van der Waals surface area (Å²) in [6, 6.07) is 1.56. The van der Waals surface area contributed by atoms with Gasteiger partial charge >= 0.3 is 0 Å². The molecule has 0 amide bonds. The van der Waals surface area contributed by atoms with E-state index < -0.39 is 12.3 Å². The summed E-state index contributed by atoms with van der Waals surface area (Å²) in [5.41, 5.74) is 0.519. The van der Waals surface area contributed by atoms with Crippen LogP contribution in [0.1, 0.15) is 18.5 Å². The highest BCUT2D eigenvalue weighted by Gasteiger charge is 2.34. The third-order valence-electron chi connectivity index (χ3n) is 2.44. The number of carbonyl (C=O) groups is 1. The number of aromatic nitrogens is 2. The van der Waals surface area contributed by atoms with Crippen LogP contribution in [0.25, 0.3) is 5.57 Å². The van der Waals surface area contributed by atoms with Gasteiger partial charge in [0.2, 0.25) is 0 Å². The first-order valence-corrected chi connectivity index (χ1v) is 4.62. The summed E-state index contributed by atoms with van der Waals surface area (Å²) >= 11 is 0. The molecule has 0 saturated carbocycles. The van der Waals surface area contributed by atoms with Crippen LogP contribution in [-0.2, 0) is 11.8 Å². The van der Waals surface area contributed by atoms with E-state index in [1.54, 1.807) is 13.1 Å². The van der Waals surface area contributed by atoms with E-state index in [0.717, 1.165) is 6.08 Å². The molecule has 0 radical (unpaired) electrons. The van der Waals surface area contributed by atoms with Gasteiger partial charge in [-0.15, -0.1) is 0 Å². The van der Waals surface area contributed by atoms with Gasteiger partial charge in [0.05, 0.1) is 5.69 Å². The Morgan fingerprint density at radius 2 is 2.27 bits per heavy atom. The second-order valence-corrected chi connectivity index (χ2v) is 3.58. The maximum Gasteiger partial charge on any atom is 0.268 e. The first-order valence-electron chi connectivity index (χ1n) is 4.62. The van der Waals surface area contributed by atoms with E-state index in [9.17, 15) is 13.6 Å². The maximum atomic E-state index is 13.1. The molecule has 5 heteroatoms. The lowest BCUT2D eigenvalue weighted by atomic mass is 9.93. The van der Waals surface area contributed by atoms with Crippen molar-refractivity contribution in [2.24, 2.45) is 7.05 Å². The normalized spacial score (nSPS) is 20.2. The van der Waals surface area contributed by atoms with Crippen molar-refractivity contribution < 1.29 is 13.6 Å². The third-order valence-corrected chi connectivity index (χ3v) is 2.44. The van der Waals surface area contributed by atoms with Gasteiger partial charge in [0.1, 0.15) is 0 Å². The van der Waals surface area contributed by atoms with Gasteiger partial charge in [-0.3, -0.25) is 9.48 Å². The average molecular weight is 212 g/mol. The molecule has 0 unspecified atom stereocenters. The molecule has 0 aliphatic heterocycles. The van der Waals surface area contributed by atoms with Crippen molar-refractivity contribution in [2.45, 2.75) is 18.8 Å². The van der Waals surface area contributed by atoms with Crippen LogP contribution in [0.5, 0.6) is 0 Å². The third kappa shape index (κ3) is 1.82. The van der Waals surface area contributed by atoms with E-state index in [1.165, 1.54) is 10.9 Å². The van der Waals surface area contributed by atoms with Crippen molar-refractivity contribution in [3.63, 3.8) is 0 Å². The molecule has 1 heterocycles. The van der Waals surface area contributed by atoms with Crippen molar-refractivity contribution in [1.82, 2.24) is 9.78 Å². The molecule has 1 aliphatic carbocycles. The van der Waals surface area contributed by atoms with Crippen LogP contribution in [0.15, 0.2) is 18.3 Å². The largest absolute Gasteiger partial charge is 0.294 e. The van der Waals surface area contributed by atoms with E-state index in [0.29, 0.717) is 5.69 Å². The summed E-state index contributed by atoms with van der Waals surface area (Å²) < 4.78 is 27.6. The Kier molecular flexibility index (Phi) is 2.17. The summed E-state index contributed by atoms with van der Waals surface area (Å²) in [5.74, 6) is -3.13. The average Bonchev–Trinajstić information content (AvgIpc) is 2.56. The van der Waals surface area contributed by atoms with Crippen LogP contribution in [0.2, 0.25) is 0 Å². The van der Waals surface area contributed by atoms with E-state index in [2.05, 4.69) is 5.10 Å². The van der Waals surface area contributed by atoms with Gasteiger partial charge in [0, 0.05) is 31.7 Å². The van der Waals surface area contributed by atoms with Crippen LogP contribution in [0, 0.1) is 0 Å². The molecular formula is C10H10F2N2O. The molecule has 3 nitrogen and oxygen atoms in total. The number of alkyl halides is 2. The molecule has 0 N–H and O–H groups in total. The number of ketones is 1. The summed E-state index contributed by atoms with van der Waals surface area (Å²) in [7, 11) is 1.62. The predicted molar refractivity (Wildman–Crippen MR) is 50.4 cm³/mol. The quantitative estimate of drug-likeness (QED) is 0.711. The number of rotatable bonds is 1. The molecule has 0 bridgehead atoms. The lowest BCUT2D eigenvalue weighted by molar-refractivity contribution is -0.116. The second-order valence-electron chi connectivity index (χ2n) is 3.58. The summed E-state index contributed by atoms with van der Waals surface area (Å²) in [4.78, 5) is 11.5. The molecule has 0 aromatic carbocycles. The standard InChI is InChI=1S/C10H10F2N2O/c1-14-8(3-5-13-14)7-6-10(11,12)4-2-9(7)15/h3,5-6H,2,4H2,1H3. The van der Waals surface area contributed by atoms with E-state index in [1.807, 2.05) is 0 Å². The summed E-state index contributed by atoms with van der Waals surface area (Å²) in [6.45, 7) is 0. The zero-order chi connectivity index (χ0) is 11.1. The zero-order valence-electron chi connectivity index (χ0n) is 8.20. The number of aryl methyl sites for hydroxylation is 1. The second kappa shape index (κ2) is 3.25. The highest BCUT2D eigenvalue weighted by molar-refractivity contribution is 6.21. The fourth-order valence-corrected chi connectivity index (χ4v) is 1.63. The van der Waals surface area contributed by atoms with Crippen LogP contribution in [0.3, 0.4) is 0 Å². The summed E-state index contributed by atoms with van der Waals surface area (Å²) in [6.07, 6.45) is 1.73. The molecule has 1 aromatic heterocycles. The molecule has 0 fully saturated rings. The number of carbonyl (C=O) groups excluding carboxylic acids is 1. The number of hydrogen-bond acceptors (Lipinski definition) is 2. The molecular weight excluding hydrogens is 202 g/mol. The molecule has 0 atom stereocenters. The smallest absolute Gasteiger partial charge is 0.268 e. The highest BCUT2D eigenvalue weighted by atomic mass is 19.3. The predicted octanol–water partition coefficient (Wildman–Crippen LogP) is 1.80. The fraction of sp³-hybridized carbons (Fsp3) is 0.400. The zero-order valence-corrected chi connectivity index (χ0v) is 8.20. The minimum Gasteiger partial charge on any atom is -0.294 e. The minimum atomic E-state index is -2.88. The number of halogens is 2. The molecule has 1 aliphatic rings. The lowest BCUT2D eigenvalue weighted by Crippen LogP contribution is -2.23. The van der Waals surface area contributed by atoms with Gasteiger partial charge in [0.15, 0.2) is 5.78 Å². The molecule has 2 rings (SSSR count). The Morgan fingerprint density at radius 1 is 1.53 bits per heavy atom. The maximum absolute atomic E-state index is 13.1. The number of Topliss-reactive ketones (excluding diaryl/α,β-unsaturated/α-hetero) is 1. The molecule has 0 saturated heterocycles. The van der Waals surface area contributed by atoms with Crippen LogP contribution in [0.4, 0.5) is 8.78 Å². The van der Waals surface area contributed by atoms with Gasteiger partial charge in [-0.05, 0) is 12.1 Å². The first-order chi connectivity index (χ1) is 6.99. The molecule has 80 valence electrons. The van der Waals surface area contributed by atoms with Crippen molar-refractivity contribution in [3.8, 4) is 0 Å². The Labute approximate surface area is 85.4 Å². The van der Waals surface area contributed by atoms with E-state index >= 15 is 0 Å². The van der Waals surface area contributed by atoms with Crippen LogP contribution >= 0.6 is 0 Å². The van der Waals surface area contributed by atoms with Crippen molar-refractivity contribution >= 4 is 11.4 Å². The number of nitrogens with zero attached hydrogens (tertiary/aromatic N) is 2. The SMILES string of the molecule is Cn1nccc1C1=CC(F)(F)CCC1=O. The van der Waals surface area contributed by atoms with Crippen molar-refractivity contribution in [2.75, 3.05) is 0 Å². The number of hydrogen-bond donors (Lipinski definition) is 0. The molecule has 0 spiro atoms. The van der Waals surface area contributed by atoms with Crippen LogP contribution < -0.4 is 0 Å². The molecule has 15 heavy (non-hydrogen) atoms. The minimum absolute atomic E-state index is 0.0752. The van der Waals surface area contributed by atoms with Gasteiger partial charge in [0.25, 0.3) is 5.92 Å². The topological polar surface area (TPSA) is 34.9 Å². The van der Waals surface area contributed by atoms with E-state index in [4.69, 9.17) is 0 Å². The van der Waals surface area contributed by atoms with Gasteiger partial charge in [-0.2, -0.15) is 5.10 Å². The lowest BCUT2D eigenvalue weighted by Gasteiger charge is -2.19. The van der Waals surface area contributed by atoms with Crippen molar-refractivity contribution in [3.05, 3.63) is 24.0 Å². The van der Waals surface area contributed by atoms with Gasteiger partial charge in [-0.1, -0.05) is 0 Å². The van der Waals surface area contributed by atoms with Crippen LogP contribution in [-0.4, -0.2) is 21.5 Å². The Morgan fingerprint density at radius 3 is 2.87 bits per heavy atom. The first kappa shape index (κ1) is 10.0. The van der Waals surface area contributed by atoms with E-state index in [-0.39, 0.29) is 17.8 Å². The number of allylic oxidation sites excluding steroid dienone is 2. The van der Waals surface area contributed by atoms with Gasteiger partial charge in [-0.25, -0.2) is 8.78 Å². The fourth-order valence-electron chi connectivity index (χ4n) is 1.63.